The molecule has 4 heteroatoms. The van der Waals surface area contributed by atoms with Crippen LogP contribution in [0.4, 0.5) is 0 Å². The van der Waals surface area contributed by atoms with Gasteiger partial charge in [0.1, 0.15) is 0 Å². The number of hydrogen-bond donors (Lipinski definition) is 1. The standard InChI is InChI=1S/C13H16N4/c1-2-6-15-13(5-1)11-8-16-17(9-11)10-12-4-3-7-14-12/h1-2,5-6,8-9,12,14H,3-4,7,10H2/t12-/m1/s1. The molecule has 1 fully saturated rings. The largest absolute Gasteiger partial charge is 0.312 e. The van der Waals surface area contributed by atoms with Crippen molar-refractivity contribution in [2.24, 2.45) is 0 Å². The van der Waals surface area contributed by atoms with Crippen molar-refractivity contribution < 1.29 is 0 Å². The van der Waals surface area contributed by atoms with Gasteiger partial charge in [-0.05, 0) is 31.5 Å². The van der Waals surface area contributed by atoms with E-state index in [4.69, 9.17) is 0 Å². The molecule has 88 valence electrons. The lowest BCUT2D eigenvalue weighted by Gasteiger charge is -2.09. The van der Waals surface area contributed by atoms with Crippen LogP contribution in [0.2, 0.25) is 0 Å². The van der Waals surface area contributed by atoms with Crippen molar-refractivity contribution in [1.82, 2.24) is 20.1 Å². The zero-order valence-electron chi connectivity index (χ0n) is 9.71. The van der Waals surface area contributed by atoms with Crippen LogP contribution in [-0.4, -0.2) is 27.4 Å². The summed E-state index contributed by atoms with van der Waals surface area (Å²) in [6.07, 6.45) is 8.29. The van der Waals surface area contributed by atoms with E-state index in [9.17, 15) is 0 Å². The highest BCUT2D eigenvalue weighted by Gasteiger charge is 2.14. The molecule has 0 aliphatic carbocycles. The molecule has 2 aromatic heterocycles. The third kappa shape index (κ3) is 2.36. The smallest absolute Gasteiger partial charge is 0.0733 e. The highest BCUT2D eigenvalue weighted by molar-refractivity contribution is 5.56. The first kappa shape index (κ1) is 10.5. The molecule has 0 bridgehead atoms. The van der Waals surface area contributed by atoms with Crippen LogP contribution in [0.15, 0.2) is 36.8 Å². The molecule has 17 heavy (non-hydrogen) atoms. The zero-order chi connectivity index (χ0) is 11.5. The summed E-state index contributed by atoms with van der Waals surface area (Å²) in [4.78, 5) is 4.33. The minimum absolute atomic E-state index is 0.575. The van der Waals surface area contributed by atoms with Gasteiger partial charge in [0.15, 0.2) is 0 Å². The van der Waals surface area contributed by atoms with Gasteiger partial charge in [-0.1, -0.05) is 6.07 Å². The van der Waals surface area contributed by atoms with Crippen molar-refractivity contribution in [3.63, 3.8) is 0 Å². The van der Waals surface area contributed by atoms with Crippen molar-refractivity contribution in [1.29, 1.82) is 0 Å². The molecule has 0 spiro atoms. The van der Waals surface area contributed by atoms with E-state index in [2.05, 4.69) is 21.6 Å². The summed E-state index contributed by atoms with van der Waals surface area (Å²) >= 11 is 0. The number of rotatable bonds is 3. The minimum Gasteiger partial charge on any atom is -0.312 e. The third-order valence-electron chi connectivity index (χ3n) is 3.16. The lowest BCUT2D eigenvalue weighted by molar-refractivity contribution is 0.476. The van der Waals surface area contributed by atoms with Crippen LogP contribution >= 0.6 is 0 Å². The van der Waals surface area contributed by atoms with E-state index in [1.54, 1.807) is 0 Å². The first-order chi connectivity index (χ1) is 8.42. The molecule has 1 atom stereocenters. The zero-order valence-corrected chi connectivity index (χ0v) is 9.71. The van der Waals surface area contributed by atoms with Crippen LogP contribution in [0.5, 0.6) is 0 Å². The lowest BCUT2D eigenvalue weighted by Crippen LogP contribution is -2.26. The van der Waals surface area contributed by atoms with Crippen LogP contribution in [0.3, 0.4) is 0 Å². The van der Waals surface area contributed by atoms with Crippen LogP contribution in [0.1, 0.15) is 12.8 Å². The maximum Gasteiger partial charge on any atom is 0.0733 e. The van der Waals surface area contributed by atoms with Gasteiger partial charge in [0, 0.05) is 24.0 Å². The van der Waals surface area contributed by atoms with Gasteiger partial charge in [-0.3, -0.25) is 9.67 Å². The van der Waals surface area contributed by atoms with Gasteiger partial charge >= 0.3 is 0 Å². The Kier molecular flexibility index (Phi) is 2.88. The molecule has 0 aromatic carbocycles. The first-order valence-corrected chi connectivity index (χ1v) is 6.09. The molecule has 3 rings (SSSR count). The SMILES string of the molecule is c1ccc(-c2cnn(C[C@H]3CCCN3)c2)nc1. The summed E-state index contributed by atoms with van der Waals surface area (Å²) in [6.45, 7) is 2.09. The number of nitrogens with zero attached hydrogens (tertiary/aromatic N) is 3. The Morgan fingerprint density at radius 1 is 1.41 bits per heavy atom. The average molecular weight is 228 g/mol. The molecule has 1 aliphatic heterocycles. The fourth-order valence-corrected chi connectivity index (χ4v) is 2.27. The Morgan fingerprint density at radius 3 is 3.18 bits per heavy atom. The van der Waals surface area contributed by atoms with E-state index in [-0.39, 0.29) is 0 Å². The van der Waals surface area contributed by atoms with Crippen molar-refractivity contribution in [2.75, 3.05) is 6.54 Å². The fraction of sp³-hybridized carbons (Fsp3) is 0.385. The van der Waals surface area contributed by atoms with E-state index in [1.807, 2.05) is 35.3 Å². The lowest BCUT2D eigenvalue weighted by atomic mass is 10.2. The fourth-order valence-electron chi connectivity index (χ4n) is 2.27. The third-order valence-corrected chi connectivity index (χ3v) is 3.16. The van der Waals surface area contributed by atoms with E-state index in [1.165, 1.54) is 12.8 Å². The second-order valence-corrected chi connectivity index (χ2v) is 4.46. The number of hydrogen-bond acceptors (Lipinski definition) is 3. The molecule has 0 saturated carbocycles. The summed E-state index contributed by atoms with van der Waals surface area (Å²) in [5.41, 5.74) is 2.07. The van der Waals surface area contributed by atoms with E-state index >= 15 is 0 Å². The first-order valence-electron chi connectivity index (χ1n) is 6.09. The summed E-state index contributed by atoms with van der Waals surface area (Å²) < 4.78 is 2.01. The van der Waals surface area contributed by atoms with Gasteiger partial charge in [0.25, 0.3) is 0 Å². The van der Waals surface area contributed by atoms with E-state index in [0.29, 0.717) is 6.04 Å². The molecule has 0 radical (unpaired) electrons. The Hall–Kier alpha value is -1.68. The average Bonchev–Trinajstić information content (AvgIpc) is 3.02. The molecule has 4 nitrogen and oxygen atoms in total. The maximum atomic E-state index is 4.39. The second kappa shape index (κ2) is 4.67. The van der Waals surface area contributed by atoms with Crippen LogP contribution in [0, 0.1) is 0 Å². The molecule has 0 amide bonds. The summed E-state index contributed by atoms with van der Waals surface area (Å²) in [6, 6.07) is 6.51. The Morgan fingerprint density at radius 2 is 2.41 bits per heavy atom. The molecule has 1 N–H and O–H groups in total. The van der Waals surface area contributed by atoms with E-state index in [0.717, 1.165) is 24.3 Å². The highest BCUT2D eigenvalue weighted by atomic mass is 15.3. The summed E-state index contributed by atoms with van der Waals surface area (Å²) in [7, 11) is 0. The Labute approximate surface area is 101 Å². The molecule has 3 heterocycles. The molecule has 1 aliphatic rings. The van der Waals surface area contributed by atoms with Crippen molar-refractivity contribution in [2.45, 2.75) is 25.4 Å². The summed E-state index contributed by atoms with van der Waals surface area (Å²) in [5.74, 6) is 0. The predicted octanol–water partition coefficient (Wildman–Crippen LogP) is 1.70. The molecule has 2 aromatic rings. The van der Waals surface area contributed by atoms with Gasteiger partial charge < -0.3 is 5.32 Å². The topological polar surface area (TPSA) is 42.7 Å². The second-order valence-electron chi connectivity index (χ2n) is 4.46. The minimum atomic E-state index is 0.575. The Balaban J connectivity index is 1.74. The number of nitrogens with one attached hydrogen (secondary N) is 1. The van der Waals surface area contributed by atoms with Crippen LogP contribution in [0.25, 0.3) is 11.3 Å². The molecular weight excluding hydrogens is 212 g/mol. The van der Waals surface area contributed by atoms with Gasteiger partial charge in [0.05, 0.1) is 18.4 Å². The van der Waals surface area contributed by atoms with Crippen LogP contribution in [-0.2, 0) is 6.54 Å². The van der Waals surface area contributed by atoms with Crippen LogP contribution < -0.4 is 5.32 Å². The van der Waals surface area contributed by atoms with E-state index < -0.39 is 0 Å². The van der Waals surface area contributed by atoms with Gasteiger partial charge in [-0.2, -0.15) is 5.10 Å². The van der Waals surface area contributed by atoms with Crippen molar-refractivity contribution in [3.8, 4) is 11.3 Å². The Bertz CT molecular complexity index is 471. The highest BCUT2D eigenvalue weighted by Crippen LogP contribution is 2.15. The number of pyridine rings is 1. The van der Waals surface area contributed by atoms with Crippen molar-refractivity contribution >= 4 is 0 Å². The monoisotopic (exact) mass is 228 g/mol. The van der Waals surface area contributed by atoms with Gasteiger partial charge in [-0.15, -0.1) is 0 Å². The normalized spacial score (nSPS) is 19.6. The van der Waals surface area contributed by atoms with Gasteiger partial charge in [0.2, 0.25) is 0 Å². The van der Waals surface area contributed by atoms with Gasteiger partial charge in [-0.25, -0.2) is 0 Å². The quantitative estimate of drug-likeness (QED) is 0.869. The van der Waals surface area contributed by atoms with Crippen molar-refractivity contribution in [3.05, 3.63) is 36.8 Å². The molecule has 0 unspecified atom stereocenters. The maximum absolute atomic E-state index is 4.39. The summed E-state index contributed by atoms with van der Waals surface area (Å²) in [5, 5.41) is 7.87. The number of aromatic nitrogens is 3. The molecular formula is C13H16N4. The predicted molar refractivity (Wildman–Crippen MR) is 66.5 cm³/mol. The molecule has 1 saturated heterocycles.